The minimum atomic E-state index is 1.20. The second-order valence-corrected chi connectivity index (χ2v) is 9.51. The number of aromatic nitrogens is 2. The van der Waals surface area contributed by atoms with Crippen LogP contribution in [-0.4, -0.2) is 4.57 Å². The highest BCUT2D eigenvalue weighted by Crippen LogP contribution is 2.12. The van der Waals surface area contributed by atoms with Gasteiger partial charge in [0.1, 0.15) is 12.4 Å². The Morgan fingerprint density at radius 2 is 1.03 bits per heavy atom. The molecule has 0 saturated carbocycles. The summed E-state index contributed by atoms with van der Waals surface area (Å²) in [6, 6.07) is 0. The van der Waals surface area contributed by atoms with Gasteiger partial charge >= 0.3 is 0 Å². The van der Waals surface area contributed by atoms with Gasteiger partial charge in [-0.3, -0.25) is 0 Å². The van der Waals surface area contributed by atoms with Crippen molar-refractivity contribution in [3.05, 3.63) is 18.2 Å². The number of hydrogen-bond acceptors (Lipinski definition) is 0. The minimum Gasteiger partial charge on any atom is -0.234 e. The zero-order valence-electron chi connectivity index (χ0n) is 21.1. The van der Waals surface area contributed by atoms with Crippen molar-refractivity contribution in [2.45, 2.75) is 162 Å². The molecule has 0 atom stereocenters. The van der Waals surface area contributed by atoms with E-state index in [1.807, 2.05) is 0 Å². The predicted octanol–water partition coefficient (Wildman–Crippen LogP) is 8.79. The van der Waals surface area contributed by atoms with Crippen LogP contribution in [0.25, 0.3) is 0 Å². The van der Waals surface area contributed by atoms with E-state index in [0.29, 0.717) is 0 Å². The maximum Gasteiger partial charge on any atom is 0.256 e. The summed E-state index contributed by atoms with van der Waals surface area (Å²) in [4.78, 5) is 0. The molecule has 0 saturated heterocycles. The van der Waals surface area contributed by atoms with Gasteiger partial charge in [-0.1, -0.05) is 117 Å². The number of imidazole rings is 1. The van der Waals surface area contributed by atoms with Crippen molar-refractivity contribution in [2.75, 3.05) is 0 Å². The maximum absolute atomic E-state index is 2.58. The molecule has 0 radical (unpaired) electrons. The first-order valence-electron chi connectivity index (χ1n) is 13.9. The summed E-state index contributed by atoms with van der Waals surface area (Å²) in [5.74, 6) is 1.59. The molecule has 0 amide bonds. The van der Waals surface area contributed by atoms with Gasteiger partial charge in [0.15, 0.2) is 0 Å². The molecule has 1 aromatic rings. The van der Waals surface area contributed by atoms with E-state index in [-0.39, 0.29) is 0 Å². The van der Waals surface area contributed by atoms with Crippen LogP contribution in [0.3, 0.4) is 0 Å². The van der Waals surface area contributed by atoms with E-state index in [0.717, 1.165) is 0 Å². The molecule has 0 aliphatic rings. The van der Waals surface area contributed by atoms with Crippen molar-refractivity contribution in [1.82, 2.24) is 4.57 Å². The smallest absolute Gasteiger partial charge is 0.234 e. The first-order chi connectivity index (χ1) is 14.8. The normalized spacial score (nSPS) is 11.4. The number of rotatable bonds is 22. The predicted molar refractivity (Wildman–Crippen MR) is 133 cm³/mol. The van der Waals surface area contributed by atoms with Gasteiger partial charge in [-0.05, 0) is 25.7 Å². The van der Waals surface area contributed by atoms with Gasteiger partial charge < -0.3 is 0 Å². The van der Waals surface area contributed by atoms with Crippen LogP contribution in [0.2, 0.25) is 0 Å². The summed E-state index contributed by atoms with van der Waals surface area (Å²) < 4.78 is 5.14. The zero-order valence-corrected chi connectivity index (χ0v) is 21.1. The molecule has 2 nitrogen and oxygen atoms in total. The molecular formula is C28H55N2+. The molecule has 0 spiro atoms. The molecule has 0 fully saturated rings. The molecule has 1 rings (SSSR count). The molecule has 176 valence electrons. The van der Waals surface area contributed by atoms with Crippen molar-refractivity contribution in [3.63, 3.8) is 0 Å². The standard InChI is InChI=1S/C28H55N2/c1-4-7-10-12-14-16-17-19-21-23-28-29(24-9-6-3)26-27-30(28)25-22-20-18-15-13-11-8-5-2/h26-27H,4-25H2,1-3H3/q+1. The number of aryl methyl sites for hydroxylation is 2. The lowest BCUT2D eigenvalue weighted by Crippen LogP contribution is -2.37. The average molecular weight is 420 g/mol. The van der Waals surface area contributed by atoms with Crippen LogP contribution in [-0.2, 0) is 19.5 Å². The minimum absolute atomic E-state index is 1.20. The van der Waals surface area contributed by atoms with Crippen molar-refractivity contribution >= 4 is 0 Å². The molecule has 1 aromatic heterocycles. The van der Waals surface area contributed by atoms with Crippen molar-refractivity contribution < 1.29 is 4.57 Å². The first kappa shape index (κ1) is 27.2. The molecule has 0 unspecified atom stereocenters. The Labute approximate surface area is 189 Å². The molecule has 0 aromatic carbocycles. The molecule has 0 aliphatic carbocycles. The summed E-state index contributed by atoms with van der Waals surface area (Å²) in [6.07, 6.45) is 32.6. The summed E-state index contributed by atoms with van der Waals surface area (Å²) in [6.45, 7) is 9.33. The maximum atomic E-state index is 2.58. The van der Waals surface area contributed by atoms with E-state index in [1.54, 1.807) is 5.82 Å². The van der Waals surface area contributed by atoms with E-state index in [9.17, 15) is 0 Å². The molecule has 2 heteroatoms. The molecular weight excluding hydrogens is 364 g/mol. The molecule has 0 bridgehead atoms. The Hall–Kier alpha value is -0.790. The SMILES string of the molecule is CCCCCCCCCCCc1n(CCCC)cc[n+]1CCCCCCCCCC. The zero-order chi connectivity index (χ0) is 21.7. The van der Waals surface area contributed by atoms with E-state index in [1.165, 1.54) is 142 Å². The van der Waals surface area contributed by atoms with Crippen LogP contribution in [0.1, 0.15) is 149 Å². The van der Waals surface area contributed by atoms with E-state index >= 15 is 0 Å². The Bertz CT molecular complexity index is 477. The quantitative estimate of drug-likeness (QED) is 0.131. The van der Waals surface area contributed by atoms with Crippen LogP contribution >= 0.6 is 0 Å². The van der Waals surface area contributed by atoms with Crippen LogP contribution in [0.15, 0.2) is 12.4 Å². The number of hydrogen-bond donors (Lipinski definition) is 0. The lowest BCUT2D eigenvalue weighted by Gasteiger charge is -2.06. The van der Waals surface area contributed by atoms with Gasteiger partial charge in [-0.2, -0.15) is 0 Å². The fourth-order valence-corrected chi connectivity index (χ4v) is 4.53. The second kappa shape index (κ2) is 20.1. The van der Waals surface area contributed by atoms with Crippen molar-refractivity contribution in [1.29, 1.82) is 0 Å². The van der Waals surface area contributed by atoms with Crippen molar-refractivity contribution in [3.8, 4) is 0 Å². The fourth-order valence-electron chi connectivity index (χ4n) is 4.53. The van der Waals surface area contributed by atoms with E-state index in [2.05, 4.69) is 42.3 Å². The van der Waals surface area contributed by atoms with Gasteiger partial charge in [-0.25, -0.2) is 9.13 Å². The summed E-state index contributed by atoms with van der Waals surface area (Å²) >= 11 is 0. The molecule has 0 aliphatic heterocycles. The third kappa shape index (κ3) is 13.5. The van der Waals surface area contributed by atoms with Gasteiger partial charge in [-0.15, -0.1) is 0 Å². The monoisotopic (exact) mass is 419 g/mol. The summed E-state index contributed by atoms with van der Waals surface area (Å²) in [7, 11) is 0. The average Bonchev–Trinajstić information content (AvgIpc) is 3.14. The topological polar surface area (TPSA) is 8.81 Å². The highest BCUT2D eigenvalue weighted by molar-refractivity contribution is 4.84. The fraction of sp³-hybridized carbons (Fsp3) is 0.893. The first-order valence-corrected chi connectivity index (χ1v) is 13.9. The van der Waals surface area contributed by atoms with Gasteiger partial charge in [0.2, 0.25) is 0 Å². The highest BCUT2D eigenvalue weighted by atomic mass is 15.1. The Morgan fingerprint density at radius 3 is 1.57 bits per heavy atom. The molecule has 30 heavy (non-hydrogen) atoms. The van der Waals surface area contributed by atoms with Crippen LogP contribution in [0.4, 0.5) is 0 Å². The van der Waals surface area contributed by atoms with Crippen LogP contribution < -0.4 is 4.57 Å². The molecule has 1 heterocycles. The van der Waals surface area contributed by atoms with E-state index in [4.69, 9.17) is 0 Å². The largest absolute Gasteiger partial charge is 0.256 e. The van der Waals surface area contributed by atoms with Gasteiger partial charge in [0.25, 0.3) is 5.82 Å². The lowest BCUT2D eigenvalue weighted by molar-refractivity contribution is -0.704. The third-order valence-electron chi connectivity index (χ3n) is 6.60. The molecule has 0 N–H and O–H groups in total. The highest BCUT2D eigenvalue weighted by Gasteiger charge is 2.16. The summed E-state index contributed by atoms with van der Waals surface area (Å²) in [5.41, 5.74) is 0. The number of unbranched alkanes of at least 4 members (excludes halogenated alkanes) is 16. The third-order valence-corrected chi connectivity index (χ3v) is 6.60. The second-order valence-electron chi connectivity index (χ2n) is 9.51. The van der Waals surface area contributed by atoms with Crippen LogP contribution in [0.5, 0.6) is 0 Å². The lowest BCUT2D eigenvalue weighted by atomic mass is 10.1. The van der Waals surface area contributed by atoms with E-state index < -0.39 is 0 Å². The summed E-state index contributed by atoms with van der Waals surface area (Å²) in [5, 5.41) is 0. The van der Waals surface area contributed by atoms with Gasteiger partial charge in [0, 0.05) is 6.42 Å². The number of nitrogens with zero attached hydrogens (tertiary/aromatic N) is 2. The van der Waals surface area contributed by atoms with Crippen LogP contribution in [0, 0.1) is 0 Å². The Balaban J connectivity index is 2.28. The Morgan fingerprint density at radius 1 is 0.567 bits per heavy atom. The Kier molecular flexibility index (Phi) is 18.3. The van der Waals surface area contributed by atoms with Crippen molar-refractivity contribution in [2.24, 2.45) is 0 Å². The van der Waals surface area contributed by atoms with Gasteiger partial charge in [0.05, 0.1) is 13.1 Å².